The van der Waals surface area contributed by atoms with Crippen LogP contribution in [0.2, 0.25) is 0 Å². The normalized spacial score (nSPS) is 8.43. The second-order valence-electron chi connectivity index (χ2n) is 0.447. The molecular weight excluding hydrogens is 268 g/mol. The van der Waals surface area contributed by atoms with Crippen LogP contribution >= 0.6 is 7.82 Å². The molecule has 0 aliphatic heterocycles. The van der Waals surface area contributed by atoms with Crippen LogP contribution in [0.15, 0.2) is 0 Å². The van der Waals surface area contributed by atoms with Crippen molar-refractivity contribution in [3.05, 3.63) is 0 Å². The van der Waals surface area contributed by atoms with E-state index in [0.29, 0.717) is 0 Å². The van der Waals surface area contributed by atoms with E-state index >= 15 is 0 Å². The van der Waals surface area contributed by atoms with E-state index in [1.54, 1.807) is 0 Å². The molecule has 0 aromatic heterocycles. The van der Waals surface area contributed by atoms with Crippen LogP contribution in [0.25, 0.3) is 0 Å². The molecule has 7 heavy (non-hydrogen) atoms. The van der Waals surface area contributed by atoms with Gasteiger partial charge in [0.1, 0.15) is 0 Å². The van der Waals surface area contributed by atoms with Crippen molar-refractivity contribution in [2.24, 2.45) is 0 Å². The Kier molecular flexibility index (Phi) is 13.9. The van der Waals surface area contributed by atoms with Gasteiger partial charge in [-0.05, 0) is 0 Å². The van der Waals surface area contributed by atoms with Gasteiger partial charge in [-0.25, -0.2) is 0 Å². The van der Waals surface area contributed by atoms with E-state index in [1.807, 2.05) is 0 Å². The Hall–Kier alpha value is 1.97. The van der Waals surface area contributed by atoms with E-state index in [4.69, 9.17) is 19.2 Å². The molecule has 0 spiro atoms. The summed E-state index contributed by atoms with van der Waals surface area (Å²) in [6.07, 6.45) is 0. The molecule has 0 rings (SSSR count). The third-order valence-electron chi connectivity index (χ3n) is 0. The summed E-state index contributed by atoms with van der Waals surface area (Å²) in [7, 11) is -5.39. The zero-order valence-corrected chi connectivity index (χ0v) is 9.26. The molecule has 0 N–H and O–H groups in total. The van der Waals surface area contributed by atoms with Crippen LogP contribution in [-0.2, 0) is 4.57 Å². The Morgan fingerprint density at radius 1 is 1.14 bits per heavy atom. The molecule has 0 saturated heterocycles. The van der Waals surface area contributed by atoms with Crippen molar-refractivity contribution in [3.63, 3.8) is 0 Å². The van der Waals surface area contributed by atoms with E-state index in [1.165, 1.54) is 0 Å². The van der Waals surface area contributed by atoms with E-state index in [9.17, 15) is 0 Å². The molecule has 0 aliphatic rings. The fourth-order valence-electron chi connectivity index (χ4n) is 0. The number of halogens is 1. The molecule has 0 fully saturated rings. The van der Waals surface area contributed by atoms with E-state index in [2.05, 4.69) is 0 Å². The molecule has 0 aromatic rings. The van der Waals surface area contributed by atoms with Crippen molar-refractivity contribution in [3.8, 4) is 0 Å². The van der Waals surface area contributed by atoms with Crippen LogP contribution < -0.4 is 27.1 Å². The fraction of sp³-hybridized carbons (Fsp3) is 0. The van der Waals surface area contributed by atoms with Crippen LogP contribution in [0.4, 0.5) is 0 Å². The van der Waals surface area contributed by atoms with Gasteiger partial charge < -0.3 is 31.7 Å². The van der Waals surface area contributed by atoms with Crippen LogP contribution in [0.5, 0.6) is 0 Å². The predicted molar refractivity (Wildman–Crippen MR) is 13.4 cm³/mol. The Bertz CT molecular complexity index is 57.8. The van der Waals surface area contributed by atoms with Gasteiger partial charge in [0.15, 0.2) is 0 Å². The standard InChI is InChI=1S/Ba.ClH.H3O4P/c;;1-5(2,3)4/h;1H;(H3,1,2,3,4)/q+2;;/p-4. The zero-order valence-electron chi connectivity index (χ0n) is 3.17. The predicted octanol–water partition coefficient (Wildman–Crippen LogP) is -6.20. The van der Waals surface area contributed by atoms with Crippen molar-refractivity contribution in [1.82, 2.24) is 0 Å². The minimum atomic E-state index is -5.39. The van der Waals surface area contributed by atoms with Gasteiger partial charge in [0.05, 0.1) is 0 Å². The van der Waals surface area contributed by atoms with Crippen molar-refractivity contribution in [1.29, 1.82) is 0 Å². The van der Waals surface area contributed by atoms with Crippen LogP contribution in [0.1, 0.15) is 0 Å². The minimum absolute atomic E-state index is 0. The smallest absolute Gasteiger partial charge is 1.00 e. The summed E-state index contributed by atoms with van der Waals surface area (Å²) >= 11 is 0. The fourth-order valence-corrected chi connectivity index (χ4v) is 0. The topological polar surface area (TPSA) is 86.2 Å². The SMILES string of the molecule is O=P([O-])([O-])[O-].[Ba+2].[Cl-]. The van der Waals surface area contributed by atoms with Gasteiger partial charge in [0.25, 0.3) is 0 Å². The average molecular weight is 268 g/mol. The minimum Gasteiger partial charge on any atom is -1.00 e. The molecule has 0 aromatic carbocycles. The molecule has 0 unspecified atom stereocenters. The van der Waals surface area contributed by atoms with E-state index in [0.717, 1.165) is 0 Å². The Morgan fingerprint density at radius 3 is 1.14 bits per heavy atom. The maximum Gasteiger partial charge on any atom is 2.00 e. The van der Waals surface area contributed by atoms with Crippen LogP contribution in [0.3, 0.4) is 0 Å². The molecule has 0 amide bonds. The van der Waals surface area contributed by atoms with Crippen molar-refractivity contribution < 1.29 is 31.7 Å². The van der Waals surface area contributed by atoms with Gasteiger partial charge in [-0.3, -0.25) is 0 Å². The second-order valence-corrected chi connectivity index (χ2v) is 1.34. The van der Waals surface area contributed by atoms with E-state index < -0.39 is 7.82 Å². The summed E-state index contributed by atoms with van der Waals surface area (Å²) in [5, 5.41) is 0. The number of hydrogen-bond donors (Lipinski definition) is 0. The van der Waals surface area contributed by atoms with E-state index in [-0.39, 0.29) is 61.3 Å². The number of phosphoric acid groups is 1. The molecule has 7 heteroatoms. The quantitative estimate of drug-likeness (QED) is 0.323. The third kappa shape index (κ3) is 73.1. The van der Waals surface area contributed by atoms with Crippen molar-refractivity contribution in [2.75, 3.05) is 0 Å². The first-order valence-electron chi connectivity index (χ1n) is 0.730. The summed E-state index contributed by atoms with van der Waals surface area (Å²) < 4.78 is 8.55. The third-order valence-corrected chi connectivity index (χ3v) is 0. The molecular formula is BaClO4P-2. The molecule has 4 nitrogen and oxygen atoms in total. The largest absolute Gasteiger partial charge is 2.00 e. The van der Waals surface area contributed by atoms with Crippen molar-refractivity contribution >= 4 is 56.7 Å². The number of hydrogen-bond acceptors (Lipinski definition) is 4. The van der Waals surface area contributed by atoms with Gasteiger partial charge in [-0.15, -0.1) is 0 Å². The molecule has 0 atom stereocenters. The number of rotatable bonds is 0. The van der Waals surface area contributed by atoms with Crippen LogP contribution in [-0.4, -0.2) is 48.9 Å². The monoisotopic (exact) mass is 268 g/mol. The molecule has 0 bridgehead atoms. The van der Waals surface area contributed by atoms with Crippen LogP contribution in [0, 0.1) is 0 Å². The van der Waals surface area contributed by atoms with Gasteiger partial charge in [-0.2, -0.15) is 7.82 Å². The molecule has 40 valence electrons. The Morgan fingerprint density at radius 2 is 1.14 bits per heavy atom. The first kappa shape index (κ1) is 16.0. The first-order chi connectivity index (χ1) is 2.00. The molecule has 0 heterocycles. The van der Waals surface area contributed by atoms with Crippen molar-refractivity contribution in [2.45, 2.75) is 0 Å². The summed E-state index contributed by atoms with van der Waals surface area (Å²) in [4.78, 5) is 25.6. The summed E-state index contributed by atoms with van der Waals surface area (Å²) in [6, 6.07) is 0. The van der Waals surface area contributed by atoms with Gasteiger partial charge >= 0.3 is 48.9 Å². The van der Waals surface area contributed by atoms with Gasteiger partial charge in [0.2, 0.25) is 0 Å². The average Bonchev–Trinajstić information content (AvgIpc) is 0.722. The summed E-state index contributed by atoms with van der Waals surface area (Å²) in [5.41, 5.74) is 0. The van der Waals surface area contributed by atoms with Gasteiger partial charge in [-0.1, -0.05) is 0 Å². The molecule has 0 saturated carbocycles. The maximum absolute atomic E-state index is 8.55. The molecule has 0 aliphatic carbocycles. The Labute approximate surface area is 87.0 Å². The molecule has 0 radical (unpaired) electrons. The maximum atomic E-state index is 8.55. The van der Waals surface area contributed by atoms with Gasteiger partial charge in [0, 0.05) is 0 Å². The summed E-state index contributed by atoms with van der Waals surface area (Å²) in [6.45, 7) is 0. The Balaban J connectivity index is -0.0000000800. The zero-order chi connectivity index (χ0) is 4.50. The first-order valence-corrected chi connectivity index (χ1v) is 2.19. The second kappa shape index (κ2) is 6.10. The summed E-state index contributed by atoms with van der Waals surface area (Å²) in [5.74, 6) is 0.